The normalized spacial score (nSPS) is 13.5. The van der Waals surface area contributed by atoms with E-state index in [0.29, 0.717) is 13.0 Å². The van der Waals surface area contributed by atoms with Crippen LogP contribution in [-0.4, -0.2) is 12.5 Å². The monoisotopic (exact) mass is 231 g/mol. The molecule has 1 aromatic rings. The lowest BCUT2D eigenvalue weighted by molar-refractivity contribution is -0.125. The molecular formula is C13H17N3O. The molecule has 0 aliphatic rings. The fraction of sp³-hybridized carbons (Fsp3) is 0.385. The number of nitrogens with zero attached hydrogens (tertiary/aromatic N) is 1. The summed E-state index contributed by atoms with van der Waals surface area (Å²) in [5.74, 6) is -0.423. The number of benzene rings is 1. The van der Waals surface area contributed by atoms with Crippen LogP contribution in [0.25, 0.3) is 0 Å². The maximum absolute atomic E-state index is 11.7. The van der Waals surface area contributed by atoms with Crippen molar-refractivity contribution in [3.8, 4) is 6.07 Å². The molecular weight excluding hydrogens is 214 g/mol. The molecule has 0 bridgehead atoms. The van der Waals surface area contributed by atoms with E-state index in [9.17, 15) is 4.79 Å². The number of amides is 1. The molecule has 90 valence electrons. The van der Waals surface area contributed by atoms with Crippen LogP contribution >= 0.6 is 0 Å². The summed E-state index contributed by atoms with van der Waals surface area (Å²) in [7, 11) is 0. The summed E-state index contributed by atoms with van der Waals surface area (Å²) in [6.07, 6.45) is 0.318. The highest BCUT2D eigenvalue weighted by molar-refractivity contribution is 5.79. The molecule has 0 aliphatic carbocycles. The summed E-state index contributed by atoms with van der Waals surface area (Å²) in [6.45, 7) is 2.17. The highest BCUT2D eigenvalue weighted by atomic mass is 16.1. The van der Waals surface area contributed by atoms with Gasteiger partial charge in [-0.15, -0.1) is 0 Å². The van der Waals surface area contributed by atoms with Crippen LogP contribution < -0.4 is 11.1 Å². The second-order valence-electron chi connectivity index (χ2n) is 3.92. The quantitative estimate of drug-likeness (QED) is 0.751. The van der Waals surface area contributed by atoms with Crippen molar-refractivity contribution in [2.45, 2.75) is 19.4 Å². The van der Waals surface area contributed by atoms with E-state index in [-0.39, 0.29) is 17.9 Å². The van der Waals surface area contributed by atoms with Gasteiger partial charge in [0, 0.05) is 12.6 Å². The number of carbonyl (C=O) groups excluding carboxylic acids is 1. The number of nitrogens with two attached hydrogens (primary N) is 1. The van der Waals surface area contributed by atoms with Crippen LogP contribution in [0.5, 0.6) is 0 Å². The number of rotatable bonds is 5. The minimum atomic E-state index is -0.321. The van der Waals surface area contributed by atoms with E-state index in [0.717, 1.165) is 5.56 Å². The van der Waals surface area contributed by atoms with Crippen molar-refractivity contribution in [1.29, 1.82) is 5.26 Å². The Labute approximate surface area is 101 Å². The van der Waals surface area contributed by atoms with Crippen LogP contribution in [0.3, 0.4) is 0 Å². The van der Waals surface area contributed by atoms with E-state index >= 15 is 0 Å². The van der Waals surface area contributed by atoms with Crippen LogP contribution in [0.4, 0.5) is 0 Å². The van der Waals surface area contributed by atoms with Crippen LogP contribution in [-0.2, 0) is 4.79 Å². The van der Waals surface area contributed by atoms with Gasteiger partial charge in [0.15, 0.2) is 0 Å². The summed E-state index contributed by atoms with van der Waals surface area (Å²) in [5.41, 5.74) is 6.96. The smallest absolute Gasteiger partial charge is 0.224 e. The topological polar surface area (TPSA) is 78.9 Å². The van der Waals surface area contributed by atoms with Gasteiger partial charge in [-0.2, -0.15) is 5.26 Å². The third kappa shape index (κ3) is 3.89. The second kappa shape index (κ2) is 6.66. The van der Waals surface area contributed by atoms with Gasteiger partial charge < -0.3 is 11.1 Å². The Kier molecular flexibility index (Phi) is 5.18. The van der Waals surface area contributed by atoms with Crippen molar-refractivity contribution in [1.82, 2.24) is 5.32 Å². The predicted octanol–water partition coefficient (Wildman–Crippen LogP) is 1.35. The molecule has 0 aliphatic heterocycles. The molecule has 0 saturated carbocycles. The van der Waals surface area contributed by atoms with Gasteiger partial charge in [-0.05, 0) is 5.56 Å². The van der Waals surface area contributed by atoms with E-state index in [4.69, 9.17) is 11.0 Å². The van der Waals surface area contributed by atoms with Gasteiger partial charge in [0.25, 0.3) is 0 Å². The average Bonchev–Trinajstić information content (AvgIpc) is 2.38. The highest BCUT2D eigenvalue weighted by Crippen LogP contribution is 2.18. The number of nitrogens with one attached hydrogen (secondary N) is 1. The van der Waals surface area contributed by atoms with Gasteiger partial charge >= 0.3 is 0 Å². The molecule has 3 N–H and O–H groups in total. The summed E-state index contributed by atoms with van der Waals surface area (Å²) in [4.78, 5) is 11.7. The summed E-state index contributed by atoms with van der Waals surface area (Å²) < 4.78 is 0. The minimum Gasteiger partial charge on any atom is -0.355 e. The first kappa shape index (κ1) is 13.2. The number of hydrogen-bond donors (Lipinski definition) is 2. The zero-order valence-corrected chi connectivity index (χ0v) is 9.89. The van der Waals surface area contributed by atoms with Crippen molar-refractivity contribution < 1.29 is 4.79 Å². The molecule has 0 radical (unpaired) electrons. The fourth-order valence-electron chi connectivity index (χ4n) is 1.53. The Morgan fingerprint density at radius 3 is 2.71 bits per heavy atom. The zero-order chi connectivity index (χ0) is 12.7. The molecule has 1 amide bonds. The Hall–Kier alpha value is -1.86. The van der Waals surface area contributed by atoms with Crippen molar-refractivity contribution >= 4 is 5.91 Å². The van der Waals surface area contributed by atoms with E-state index in [1.807, 2.05) is 36.4 Å². The molecule has 4 nitrogen and oxygen atoms in total. The molecule has 4 heteroatoms. The Morgan fingerprint density at radius 1 is 1.47 bits per heavy atom. The standard InChI is InChI=1S/C13H17N3O/c1-10(13(17)16-9-5-8-14)12(15)11-6-3-2-4-7-11/h2-4,6-7,10,12H,5,9,15H2,1H3,(H,16,17). The molecule has 0 fully saturated rings. The second-order valence-corrected chi connectivity index (χ2v) is 3.92. The average molecular weight is 231 g/mol. The van der Waals surface area contributed by atoms with Crippen molar-refractivity contribution in [3.63, 3.8) is 0 Å². The molecule has 0 spiro atoms. The molecule has 2 unspecified atom stereocenters. The Morgan fingerprint density at radius 2 is 2.12 bits per heavy atom. The molecule has 2 atom stereocenters. The number of carbonyl (C=O) groups is 1. The van der Waals surface area contributed by atoms with Crippen molar-refractivity contribution in [2.75, 3.05) is 6.54 Å². The largest absolute Gasteiger partial charge is 0.355 e. The third-order valence-corrected chi connectivity index (χ3v) is 2.67. The molecule has 1 aromatic carbocycles. The van der Waals surface area contributed by atoms with Crippen LogP contribution in [0.15, 0.2) is 30.3 Å². The van der Waals surface area contributed by atoms with Crippen LogP contribution in [0.1, 0.15) is 24.9 Å². The number of nitriles is 1. The van der Waals surface area contributed by atoms with Gasteiger partial charge in [-0.1, -0.05) is 37.3 Å². The van der Waals surface area contributed by atoms with Crippen LogP contribution in [0.2, 0.25) is 0 Å². The highest BCUT2D eigenvalue weighted by Gasteiger charge is 2.21. The first-order valence-electron chi connectivity index (χ1n) is 5.62. The zero-order valence-electron chi connectivity index (χ0n) is 9.89. The van der Waals surface area contributed by atoms with Gasteiger partial charge in [0.2, 0.25) is 5.91 Å². The van der Waals surface area contributed by atoms with Gasteiger partial charge in [0.05, 0.1) is 18.4 Å². The first-order valence-corrected chi connectivity index (χ1v) is 5.62. The van der Waals surface area contributed by atoms with Gasteiger partial charge in [0.1, 0.15) is 0 Å². The summed E-state index contributed by atoms with van der Waals surface area (Å²) in [6, 6.07) is 11.2. The van der Waals surface area contributed by atoms with Gasteiger partial charge in [-0.3, -0.25) is 4.79 Å². The Bertz CT molecular complexity index is 397. The van der Waals surface area contributed by atoms with E-state index in [1.165, 1.54) is 0 Å². The maximum atomic E-state index is 11.7. The van der Waals surface area contributed by atoms with E-state index in [1.54, 1.807) is 6.92 Å². The third-order valence-electron chi connectivity index (χ3n) is 2.67. The van der Waals surface area contributed by atoms with Crippen molar-refractivity contribution in [3.05, 3.63) is 35.9 Å². The summed E-state index contributed by atoms with van der Waals surface area (Å²) >= 11 is 0. The molecule has 1 rings (SSSR count). The molecule has 17 heavy (non-hydrogen) atoms. The van der Waals surface area contributed by atoms with Gasteiger partial charge in [-0.25, -0.2) is 0 Å². The molecule has 0 aromatic heterocycles. The predicted molar refractivity (Wildman–Crippen MR) is 65.8 cm³/mol. The SMILES string of the molecule is CC(C(=O)NCCC#N)C(N)c1ccccc1. The lowest BCUT2D eigenvalue weighted by atomic mass is 9.95. The van der Waals surface area contributed by atoms with E-state index in [2.05, 4.69) is 5.32 Å². The fourth-order valence-corrected chi connectivity index (χ4v) is 1.53. The first-order chi connectivity index (χ1) is 8.16. The van der Waals surface area contributed by atoms with Crippen LogP contribution in [0, 0.1) is 17.2 Å². The lowest BCUT2D eigenvalue weighted by Crippen LogP contribution is -2.35. The van der Waals surface area contributed by atoms with E-state index < -0.39 is 0 Å². The Balaban J connectivity index is 2.55. The molecule has 0 heterocycles. The van der Waals surface area contributed by atoms with Crippen molar-refractivity contribution in [2.24, 2.45) is 11.7 Å². The summed E-state index contributed by atoms with van der Waals surface area (Å²) in [5, 5.41) is 11.1. The number of hydrogen-bond acceptors (Lipinski definition) is 3. The molecule has 0 saturated heterocycles. The lowest BCUT2D eigenvalue weighted by Gasteiger charge is -2.19. The maximum Gasteiger partial charge on any atom is 0.224 e. The minimum absolute atomic E-state index is 0.114.